The monoisotopic (exact) mass is 344 g/mol. The van der Waals surface area contributed by atoms with Crippen molar-refractivity contribution < 1.29 is 14.3 Å². The molecule has 0 saturated heterocycles. The second-order valence-electron chi connectivity index (χ2n) is 5.56. The van der Waals surface area contributed by atoms with E-state index in [1.807, 2.05) is 12.1 Å². The normalized spacial score (nSPS) is 12.7. The number of benzene rings is 2. The summed E-state index contributed by atoms with van der Waals surface area (Å²) in [6.07, 6.45) is 0.789. The zero-order valence-corrected chi connectivity index (χ0v) is 14.0. The topological polar surface area (TPSA) is 58.6 Å². The highest BCUT2D eigenvalue weighted by Crippen LogP contribution is 2.30. The largest absolute Gasteiger partial charge is 0.484 e. The van der Waals surface area contributed by atoms with Crippen LogP contribution in [0.15, 0.2) is 42.5 Å². The molecule has 0 radical (unpaired) electrons. The molecule has 0 bridgehead atoms. The number of amides is 2. The molecule has 0 aliphatic carbocycles. The first kappa shape index (κ1) is 16.3. The number of hydrogen-bond donors (Lipinski definition) is 1. The minimum Gasteiger partial charge on any atom is -0.484 e. The number of carbonyl (C=O) groups is 2. The number of nitrogens with one attached hydrogen (secondary N) is 1. The van der Waals surface area contributed by atoms with Gasteiger partial charge in [0.15, 0.2) is 6.61 Å². The third-order valence-corrected chi connectivity index (χ3v) is 4.04. The minimum absolute atomic E-state index is 0.0282. The van der Waals surface area contributed by atoms with Crippen LogP contribution in [0.5, 0.6) is 5.75 Å². The molecule has 2 aromatic rings. The lowest BCUT2D eigenvalue weighted by Crippen LogP contribution is -2.25. The number of nitrogens with zero attached hydrogens (tertiary/aromatic N) is 1. The predicted molar refractivity (Wildman–Crippen MR) is 93.7 cm³/mol. The Balaban J connectivity index is 1.60. The highest BCUT2D eigenvalue weighted by molar-refractivity contribution is 6.30. The zero-order chi connectivity index (χ0) is 17.1. The molecule has 1 aliphatic heterocycles. The highest BCUT2D eigenvalue weighted by atomic mass is 35.5. The second-order valence-corrected chi connectivity index (χ2v) is 5.99. The van der Waals surface area contributed by atoms with Crippen LogP contribution in [0, 0.1) is 0 Å². The average molecular weight is 345 g/mol. The first-order valence-electron chi connectivity index (χ1n) is 7.62. The van der Waals surface area contributed by atoms with E-state index in [4.69, 9.17) is 16.3 Å². The van der Waals surface area contributed by atoms with Gasteiger partial charge in [0.05, 0.1) is 0 Å². The molecule has 2 amide bonds. The van der Waals surface area contributed by atoms with Gasteiger partial charge in [0, 0.05) is 29.9 Å². The molecule has 0 atom stereocenters. The summed E-state index contributed by atoms with van der Waals surface area (Å²) in [5.74, 6) is 0.320. The Morgan fingerprint density at radius 3 is 2.83 bits per heavy atom. The van der Waals surface area contributed by atoms with Gasteiger partial charge in [0.1, 0.15) is 5.75 Å². The number of carbonyl (C=O) groups excluding carboxylic acids is 2. The van der Waals surface area contributed by atoms with Crippen molar-refractivity contribution in [2.45, 2.75) is 13.3 Å². The maximum atomic E-state index is 12.0. The minimum atomic E-state index is -0.253. The van der Waals surface area contributed by atoms with Crippen LogP contribution in [0.3, 0.4) is 0 Å². The standard InChI is InChI=1S/C18H17ClN2O3/c1-12(22)21-8-7-13-9-15(5-6-17(13)21)20-18(23)11-24-16-4-2-3-14(19)10-16/h2-6,9-10H,7-8,11H2,1H3,(H,20,23). The van der Waals surface area contributed by atoms with Crippen molar-refractivity contribution in [3.05, 3.63) is 53.1 Å². The van der Waals surface area contributed by atoms with Crippen molar-refractivity contribution in [1.82, 2.24) is 0 Å². The predicted octanol–water partition coefficient (Wildman–Crippen LogP) is 3.27. The maximum Gasteiger partial charge on any atom is 0.262 e. The van der Waals surface area contributed by atoms with Crippen LogP contribution in [-0.2, 0) is 16.0 Å². The Morgan fingerprint density at radius 2 is 2.08 bits per heavy atom. The summed E-state index contributed by atoms with van der Waals surface area (Å²) in [7, 11) is 0. The van der Waals surface area contributed by atoms with Gasteiger partial charge < -0.3 is 15.0 Å². The Labute approximate surface area is 145 Å². The average Bonchev–Trinajstić information content (AvgIpc) is 2.96. The van der Waals surface area contributed by atoms with E-state index >= 15 is 0 Å². The maximum absolute atomic E-state index is 12.0. The van der Waals surface area contributed by atoms with Gasteiger partial charge in [-0.1, -0.05) is 17.7 Å². The quantitative estimate of drug-likeness (QED) is 0.926. The molecule has 0 unspecified atom stereocenters. The summed E-state index contributed by atoms with van der Waals surface area (Å²) >= 11 is 5.87. The fraction of sp³-hybridized carbons (Fsp3) is 0.222. The number of hydrogen-bond acceptors (Lipinski definition) is 3. The lowest BCUT2D eigenvalue weighted by Gasteiger charge is -2.15. The van der Waals surface area contributed by atoms with Gasteiger partial charge in [-0.15, -0.1) is 0 Å². The number of ether oxygens (including phenoxy) is 1. The highest BCUT2D eigenvalue weighted by Gasteiger charge is 2.22. The third kappa shape index (κ3) is 3.68. The van der Waals surface area contributed by atoms with Crippen LogP contribution in [0.2, 0.25) is 5.02 Å². The third-order valence-electron chi connectivity index (χ3n) is 3.80. The molecule has 1 aliphatic rings. The van der Waals surface area contributed by atoms with Crippen molar-refractivity contribution in [2.75, 3.05) is 23.4 Å². The summed E-state index contributed by atoms with van der Waals surface area (Å²) in [6.45, 7) is 2.13. The second kappa shape index (κ2) is 6.93. The van der Waals surface area contributed by atoms with E-state index in [0.717, 1.165) is 17.7 Å². The van der Waals surface area contributed by atoms with Crippen molar-refractivity contribution in [1.29, 1.82) is 0 Å². The molecule has 2 aromatic carbocycles. The molecular weight excluding hydrogens is 328 g/mol. The molecular formula is C18H17ClN2O3. The molecule has 0 spiro atoms. The molecule has 0 aromatic heterocycles. The fourth-order valence-corrected chi connectivity index (χ4v) is 2.89. The van der Waals surface area contributed by atoms with Crippen LogP contribution in [0.25, 0.3) is 0 Å². The van der Waals surface area contributed by atoms with Crippen LogP contribution >= 0.6 is 11.6 Å². The van der Waals surface area contributed by atoms with Crippen molar-refractivity contribution in [3.63, 3.8) is 0 Å². The lowest BCUT2D eigenvalue weighted by atomic mass is 10.1. The van der Waals surface area contributed by atoms with E-state index in [1.165, 1.54) is 0 Å². The van der Waals surface area contributed by atoms with Crippen molar-refractivity contribution in [2.24, 2.45) is 0 Å². The summed E-state index contributed by atoms with van der Waals surface area (Å²) in [4.78, 5) is 25.3. The molecule has 1 heterocycles. The van der Waals surface area contributed by atoms with Gasteiger partial charge in [-0.05, 0) is 48.4 Å². The molecule has 5 nitrogen and oxygen atoms in total. The van der Waals surface area contributed by atoms with Crippen LogP contribution < -0.4 is 15.0 Å². The smallest absolute Gasteiger partial charge is 0.262 e. The van der Waals surface area contributed by atoms with E-state index in [0.29, 0.717) is 23.0 Å². The Kier molecular flexibility index (Phi) is 4.71. The van der Waals surface area contributed by atoms with E-state index in [9.17, 15) is 9.59 Å². The molecule has 0 saturated carbocycles. The van der Waals surface area contributed by atoms with Crippen LogP contribution in [-0.4, -0.2) is 25.0 Å². The number of rotatable bonds is 4. The Hall–Kier alpha value is -2.53. The van der Waals surface area contributed by atoms with Crippen molar-refractivity contribution >= 4 is 34.8 Å². The summed E-state index contributed by atoms with van der Waals surface area (Å²) in [5, 5.41) is 3.36. The number of fused-ring (bicyclic) bond motifs is 1. The van der Waals surface area contributed by atoms with Gasteiger partial charge >= 0.3 is 0 Å². The van der Waals surface area contributed by atoms with E-state index < -0.39 is 0 Å². The summed E-state index contributed by atoms with van der Waals surface area (Å²) in [6, 6.07) is 12.4. The zero-order valence-electron chi connectivity index (χ0n) is 13.2. The summed E-state index contributed by atoms with van der Waals surface area (Å²) < 4.78 is 5.41. The molecule has 0 fully saturated rings. The Bertz CT molecular complexity index is 792. The first-order valence-corrected chi connectivity index (χ1v) is 8.00. The fourth-order valence-electron chi connectivity index (χ4n) is 2.71. The van der Waals surface area contributed by atoms with Crippen LogP contribution in [0.1, 0.15) is 12.5 Å². The van der Waals surface area contributed by atoms with E-state index in [1.54, 1.807) is 42.2 Å². The first-order chi connectivity index (χ1) is 11.5. The van der Waals surface area contributed by atoms with Gasteiger partial charge in [-0.25, -0.2) is 0 Å². The van der Waals surface area contributed by atoms with Gasteiger partial charge in [-0.3, -0.25) is 9.59 Å². The summed E-state index contributed by atoms with van der Waals surface area (Å²) in [5.41, 5.74) is 2.66. The van der Waals surface area contributed by atoms with E-state index in [2.05, 4.69) is 5.32 Å². The SMILES string of the molecule is CC(=O)N1CCc2cc(NC(=O)COc3cccc(Cl)c3)ccc21. The number of anilines is 2. The van der Waals surface area contributed by atoms with Gasteiger partial charge in [-0.2, -0.15) is 0 Å². The van der Waals surface area contributed by atoms with Gasteiger partial charge in [0.25, 0.3) is 5.91 Å². The molecule has 1 N–H and O–H groups in total. The van der Waals surface area contributed by atoms with Crippen LogP contribution in [0.4, 0.5) is 11.4 Å². The molecule has 24 heavy (non-hydrogen) atoms. The van der Waals surface area contributed by atoms with Gasteiger partial charge in [0.2, 0.25) is 5.91 Å². The lowest BCUT2D eigenvalue weighted by molar-refractivity contribution is -0.118. The molecule has 124 valence electrons. The molecule has 3 rings (SSSR count). The number of halogens is 1. The Morgan fingerprint density at radius 1 is 1.25 bits per heavy atom. The molecule has 6 heteroatoms. The van der Waals surface area contributed by atoms with Crippen molar-refractivity contribution in [3.8, 4) is 5.75 Å². The van der Waals surface area contributed by atoms with E-state index in [-0.39, 0.29) is 18.4 Å².